The van der Waals surface area contributed by atoms with Gasteiger partial charge in [0.15, 0.2) is 5.82 Å². The van der Waals surface area contributed by atoms with Crippen LogP contribution in [0.5, 0.6) is 0 Å². The molecule has 2 N–H and O–H groups in total. The van der Waals surface area contributed by atoms with Gasteiger partial charge in [0, 0.05) is 19.3 Å². The maximum atomic E-state index is 12.1. The van der Waals surface area contributed by atoms with Crippen LogP contribution in [0.1, 0.15) is 26.1 Å². The molecular weight excluding hydrogens is 338 g/mol. The van der Waals surface area contributed by atoms with Crippen molar-refractivity contribution in [3.8, 4) is 5.82 Å². The van der Waals surface area contributed by atoms with E-state index in [2.05, 4.69) is 30.9 Å². The third-order valence-corrected chi connectivity index (χ3v) is 4.51. The van der Waals surface area contributed by atoms with E-state index in [1.54, 1.807) is 4.68 Å². The lowest BCUT2D eigenvalue weighted by Gasteiger charge is -2.07. The number of rotatable bonds is 6. The van der Waals surface area contributed by atoms with Crippen LogP contribution < -0.4 is 10.6 Å². The molecule has 130 valence electrons. The van der Waals surface area contributed by atoms with Crippen molar-refractivity contribution >= 4 is 23.1 Å². The molecule has 0 aliphatic carbocycles. The van der Waals surface area contributed by atoms with Gasteiger partial charge in [0.1, 0.15) is 10.7 Å². The largest absolute Gasteiger partial charge is 0.367 e. The number of carbonyl (C=O) groups excluding carboxylic acids is 1. The summed E-state index contributed by atoms with van der Waals surface area (Å²) in [5.74, 6) is 1.20. The highest BCUT2D eigenvalue weighted by molar-refractivity contribution is 7.13. The zero-order valence-corrected chi connectivity index (χ0v) is 15.1. The molecule has 3 aromatic rings. The van der Waals surface area contributed by atoms with Gasteiger partial charge >= 0.3 is 0 Å². The van der Waals surface area contributed by atoms with Crippen molar-refractivity contribution in [3.63, 3.8) is 0 Å². The first kappa shape index (κ1) is 17.0. The molecule has 0 radical (unpaired) electrons. The second-order valence-electron chi connectivity index (χ2n) is 5.51. The molecule has 3 heterocycles. The first-order valence-electron chi connectivity index (χ1n) is 7.85. The summed E-state index contributed by atoms with van der Waals surface area (Å²) in [6.45, 7) is 6.69. The van der Waals surface area contributed by atoms with E-state index in [1.165, 1.54) is 11.3 Å². The van der Waals surface area contributed by atoms with Crippen LogP contribution in [-0.4, -0.2) is 44.0 Å². The van der Waals surface area contributed by atoms with Gasteiger partial charge in [0.25, 0.3) is 5.91 Å². The second-order valence-corrected chi connectivity index (χ2v) is 6.71. The smallest absolute Gasteiger partial charge is 0.263 e. The first-order valence-corrected chi connectivity index (χ1v) is 8.67. The van der Waals surface area contributed by atoms with Gasteiger partial charge in [-0.05, 0) is 39.0 Å². The summed E-state index contributed by atoms with van der Waals surface area (Å²) in [5, 5.41) is 19.4. The summed E-state index contributed by atoms with van der Waals surface area (Å²) in [6.07, 6.45) is 1.84. The minimum absolute atomic E-state index is 0.0969. The number of thiazole rings is 1. The summed E-state index contributed by atoms with van der Waals surface area (Å²) in [4.78, 5) is 17.0. The molecule has 0 atom stereocenters. The predicted molar refractivity (Wildman–Crippen MR) is 96.3 cm³/mol. The van der Waals surface area contributed by atoms with E-state index in [9.17, 15) is 4.79 Å². The van der Waals surface area contributed by atoms with Gasteiger partial charge in [-0.2, -0.15) is 5.10 Å². The number of amides is 1. The van der Waals surface area contributed by atoms with Crippen molar-refractivity contribution < 1.29 is 4.79 Å². The summed E-state index contributed by atoms with van der Waals surface area (Å²) >= 11 is 1.40. The van der Waals surface area contributed by atoms with Gasteiger partial charge in [-0.25, -0.2) is 9.67 Å². The molecular formula is C16H19N7OS. The van der Waals surface area contributed by atoms with Gasteiger partial charge < -0.3 is 10.6 Å². The standard InChI is InChI=1S/C16H19N7OS/c1-10-6-9-23(22-10)14-5-4-13(20-21-14)17-7-8-18-16(24)15-11(2)19-12(3)25-15/h4-6,9H,7-8H2,1-3H3,(H,17,20)(H,18,24). The monoisotopic (exact) mass is 357 g/mol. The Labute approximate surface area is 149 Å². The van der Waals surface area contributed by atoms with Crippen molar-refractivity contribution in [2.75, 3.05) is 18.4 Å². The Morgan fingerprint density at radius 1 is 1.16 bits per heavy atom. The molecule has 0 aromatic carbocycles. The molecule has 0 saturated heterocycles. The van der Waals surface area contributed by atoms with Crippen LogP contribution in [0.3, 0.4) is 0 Å². The number of hydrogen-bond acceptors (Lipinski definition) is 7. The zero-order chi connectivity index (χ0) is 17.8. The van der Waals surface area contributed by atoms with Crippen LogP contribution in [0, 0.1) is 20.8 Å². The third-order valence-electron chi connectivity index (χ3n) is 3.43. The zero-order valence-electron chi connectivity index (χ0n) is 14.3. The minimum Gasteiger partial charge on any atom is -0.367 e. The van der Waals surface area contributed by atoms with E-state index in [4.69, 9.17) is 0 Å². The fourth-order valence-corrected chi connectivity index (χ4v) is 3.11. The highest BCUT2D eigenvalue weighted by Crippen LogP contribution is 2.16. The van der Waals surface area contributed by atoms with Crippen molar-refractivity contribution in [3.05, 3.63) is 45.7 Å². The summed E-state index contributed by atoms with van der Waals surface area (Å²) in [7, 11) is 0. The molecule has 25 heavy (non-hydrogen) atoms. The Morgan fingerprint density at radius 2 is 2.00 bits per heavy atom. The molecule has 3 aromatic heterocycles. The Kier molecular flexibility index (Phi) is 5.03. The average molecular weight is 357 g/mol. The van der Waals surface area contributed by atoms with Crippen LogP contribution in [0.2, 0.25) is 0 Å². The van der Waals surface area contributed by atoms with Crippen LogP contribution in [0.4, 0.5) is 5.82 Å². The summed E-state index contributed by atoms with van der Waals surface area (Å²) in [6, 6.07) is 5.57. The van der Waals surface area contributed by atoms with Crippen molar-refractivity contribution in [1.82, 2.24) is 30.3 Å². The van der Waals surface area contributed by atoms with Gasteiger partial charge in [0.05, 0.1) is 16.4 Å². The Morgan fingerprint density at radius 3 is 2.60 bits per heavy atom. The second kappa shape index (κ2) is 7.39. The fourth-order valence-electron chi connectivity index (χ4n) is 2.27. The molecule has 8 nitrogen and oxygen atoms in total. The number of hydrogen-bond donors (Lipinski definition) is 2. The van der Waals surface area contributed by atoms with Crippen molar-refractivity contribution in [1.29, 1.82) is 0 Å². The van der Waals surface area contributed by atoms with Gasteiger partial charge in [-0.3, -0.25) is 4.79 Å². The van der Waals surface area contributed by atoms with E-state index < -0.39 is 0 Å². The molecule has 0 spiro atoms. The lowest BCUT2D eigenvalue weighted by Crippen LogP contribution is -2.28. The maximum Gasteiger partial charge on any atom is 0.263 e. The Bertz CT molecular complexity index is 869. The molecule has 0 unspecified atom stereocenters. The molecule has 3 rings (SSSR count). The van der Waals surface area contributed by atoms with E-state index in [-0.39, 0.29) is 5.91 Å². The number of aryl methyl sites for hydroxylation is 3. The molecule has 0 bridgehead atoms. The fraction of sp³-hybridized carbons (Fsp3) is 0.312. The van der Waals surface area contributed by atoms with Crippen molar-refractivity contribution in [2.45, 2.75) is 20.8 Å². The Hall–Kier alpha value is -2.81. The summed E-state index contributed by atoms with van der Waals surface area (Å²) < 4.78 is 1.67. The third kappa shape index (κ3) is 4.18. The highest BCUT2D eigenvalue weighted by Gasteiger charge is 2.12. The molecule has 0 aliphatic rings. The SMILES string of the molecule is Cc1ccn(-c2ccc(NCCNC(=O)c3sc(C)nc3C)nn2)n1. The number of nitrogens with one attached hydrogen (secondary N) is 2. The van der Waals surface area contributed by atoms with E-state index in [1.807, 2.05) is 45.2 Å². The van der Waals surface area contributed by atoms with E-state index in [0.29, 0.717) is 29.6 Å². The molecule has 0 saturated carbocycles. The molecule has 0 aliphatic heterocycles. The van der Waals surface area contributed by atoms with Gasteiger partial charge in [-0.15, -0.1) is 21.5 Å². The molecule has 1 amide bonds. The van der Waals surface area contributed by atoms with Crippen LogP contribution in [-0.2, 0) is 0 Å². The Balaban J connectivity index is 1.47. The lowest BCUT2D eigenvalue weighted by molar-refractivity contribution is 0.0958. The van der Waals surface area contributed by atoms with Crippen LogP contribution >= 0.6 is 11.3 Å². The molecule has 9 heteroatoms. The number of anilines is 1. The first-order chi connectivity index (χ1) is 12.0. The highest BCUT2D eigenvalue weighted by atomic mass is 32.1. The molecule has 0 fully saturated rings. The normalized spacial score (nSPS) is 10.7. The maximum absolute atomic E-state index is 12.1. The van der Waals surface area contributed by atoms with Crippen LogP contribution in [0.15, 0.2) is 24.4 Å². The van der Waals surface area contributed by atoms with Gasteiger partial charge in [-0.1, -0.05) is 0 Å². The topological polar surface area (TPSA) is 97.6 Å². The number of aromatic nitrogens is 5. The van der Waals surface area contributed by atoms with E-state index >= 15 is 0 Å². The lowest BCUT2D eigenvalue weighted by atomic mass is 10.3. The minimum atomic E-state index is -0.0969. The van der Waals surface area contributed by atoms with E-state index in [0.717, 1.165) is 16.4 Å². The van der Waals surface area contributed by atoms with Crippen LogP contribution in [0.25, 0.3) is 5.82 Å². The quantitative estimate of drug-likeness (QED) is 0.654. The average Bonchev–Trinajstić information content (AvgIpc) is 3.17. The summed E-state index contributed by atoms with van der Waals surface area (Å²) in [5.41, 5.74) is 1.69. The number of carbonyl (C=O) groups is 1. The van der Waals surface area contributed by atoms with Crippen molar-refractivity contribution in [2.24, 2.45) is 0 Å². The predicted octanol–water partition coefficient (Wildman–Crippen LogP) is 1.89. The number of nitrogens with zero attached hydrogens (tertiary/aromatic N) is 5. The van der Waals surface area contributed by atoms with Gasteiger partial charge in [0.2, 0.25) is 0 Å².